The standard InChI is InChI=1S/C12H13F3N2O2/c13-12(14,15)9-4-3-6-16(8-9)11(18)10-5-1-2-7-17(10)19/h1-2,5,7,9H,3-4,6,8H2/t9-/m0/s1. The molecule has 1 aromatic heterocycles. The van der Waals surface area contributed by atoms with Gasteiger partial charge in [-0.15, -0.1) is 0 Å². The zero-order chi connectivity index (χ0) is 14.0. The van der Waals surface area contributed by atoms with Crippen LogP contribution in [0.15, 0.2) is 24.4 Å². The predicted molar refractivity (Wildman–Crippen MR) is 60.1 cm³/mol. The second-order valence-corrected chi connectivity index (χ2v) is 4.54. The number of pyridine rings is 1. The van der Waals surface area contributed by atoms with E-state index in [4.69, 9.17) is 0 Å². The number of alkyl halides is 3. The molecule has 1 aliphatic heterocycles. The van der Waals surface area contributed by atoms with Gasteiger partial charge in [-0.1, -0.05) is 0 Å². The van der Waals surface area contributed by atoms with Crippen LogP contribution in [-0.4, -0.2) is 30.1 Å². The van der Waals surface area contributed by atoms with Crippen LogP contribution in [0.4, 0.5) is 13.2 Å². The number of carbonyl (C=O) groups is 1. The Morgan fingerprint density at radius 1 is 1.42 bits per heavy atom. The van der Waals surface area contributed by atoms with Crippen molar-refractivity contribution in [1.29, 1.82) is 0 Å². The van der Waals surface area contributed by atoms with Crippen molar-refractivity contribution < 1.29 is 22.7 Å². The first-order chi connectivity index (χ1) is 8.89. The van der Waals surface area contributed by atoms with Crippen LogP contribution in [0.1, 0.15) is 23.3 Å². The van der Waals surface area contributed by atoms with Gasteiger partial charge in [0, 0.05) is 25.2 Å². The van der Waals surface area contributed by atoms with Gasteiger partial charge >= 0.3 is 12.1 Å². The highest BCUT2D eigenvalue weighted by Crippen LogP contribution is 2.33. The topological polar surface area (TPSA) is 47.2 Å². The van der Waals surface area contributed by atoms with Gasteiger partial charge in [-0.25, -0.2) is 0 Å². The quantitative estimate of drug-likeness (QED) is 0.578. The minimum absolute atomic E-state index is 0.0272. The number of halogens is 3. The molecule has 0 radical (unpaired) electrons. The van der Waals surface area contributed by atoms with Crippen molar-refractivity contribution in [2.45, 2.75) is 19.0 Å². The average Bonchev–Trinajstić information content (AvgIpc) is 2.38. The van der Waals surface area contributed by atoms with Gasteiger partial charge in [0.05, 0.1) is 5.92 Å². The first-order valence-corrected chi connectivity index (χ1v) is 5.94. The normalized spacial score (nSPS) is 20.4. The number of nitrogens with zero attached hydrogens (tertiary/aromatic N) is 2. The lowest BCUT2D eigenvalue weighted by Crippen LogP contribution is -2.48. The second kappa shape index (κ2) is 5.07. The van der Waals surface area contributed by atoms with Gasteiger partial charge in [0.1, 0.15) is 0 Å². The number of amides is 1. The third-order valence-electron chi connectivity index (χ3n) is 3.21. The van der Waals surface area contributed by atoms with Crippen molar-refractivity contribution in [2.75, 3.05) is 13.1 Å². The average molecular weight is 274 g/mol. The molecule has 0 unspecified atom stereocenters. The molecule has 1 atom stereocenters. The molecule has 1 saturated heterocycles. The van der Waals surface area contributed by atoms with E-state index < -0.39 is 18.0 Å². The molecule has 0 spiro atoms. The maximum atomic E-state index is 12.7. The Kier molecular flexibility index (Phi) is 3.64. The van der Waals surface area contributed by atoms with Crippen molar-refractivity contribution in [3.05, 3.63) is 35.3 Å². The molecule has 0 bridgehead atoms. The highest BCUT2D eigenvalue weighted by Gasteiger charge is 2.43. The number of piperidine rings is 1. The van der Waals surface area contributed by atoms with Crippen LogP contribution in [0.5, 0.6) is 0 Å². The molecule has 104 valence electrons. The molecular weight excluding hydrogens is 261 g/mol. The minimum atomic E-state index is -4.30. The van der Waals surface area contributed by atoms with Crippen LogP contribution < -0.4 is 4.73 Å². The smallest absolute Gasteiger partial charge is 0.393 e. The van der Waals surface area contributed by atoms with Gasteiger partial charge < -0.3 is 10.1 Å². The lowest BCUT2D eigenvalue weighted by Gasteiger charge is -2.33. The molecule has 1 aliphatic rings. The summed E-state index contributed by atoms with van der Waals surface area (Å²) < 4.78 is 38.3. The molecule has 0 aliphatic carbocycles. The number of carbonyl (C=O) groups excluding carboxylic acids is 1. The minimum Gasteiger partial charge on any atom is -0.618 e. The van der Waals surface area contributed by atoms with E-state index in [-0.39, 0.29) is 25.2 Å². The summed E-state index contributed by atoms with van der Waals surface area (Å²) in [4.78, 5) is 13.1. The second-order valence-electron chi connectivity index (χ2n) is 4.54. The van der Waals surface area contributed by atoms with E-state index in [2.05, 4.69) is 0 Å². The predicted octanol–water partition coefficient (Wildman–Crippen LogP) is 1.73. The third-order valence-corrected chi connectivity index (χ3v) is 3.21. The van der Waals surface area contributed by atoms with E-state index in [0.717, 1.165) is 11.1 Å². The molecule has 4 nitrogen and oxygen atoms in total. The Hall–Kier alpha value is -1.79. The summed E-state index contributed by atoms with van der Waals surface area (Å²) in [7, 11) is 0. The molecule has 7 heteroatoms. The highest BCUT2D eigenvalue weighted by molar-refractivity contribution is 5.91. The molecule has 0 aromatic carbocycles. The van der Waals surface area contributed by atoms with Gasteiger partial charge in [-0.3, -0.25) is 4.79 Å². The Morgan fingerprint density at radius 3 is 2.79 bits per heavy atom. The van der Waals surface area contributed by atoms with Gasteiger partial charge in [-0.2, -0.15) is 17.9 Å². The van der Waals surface area contributed by atoms with E-state index in [1.165, 1.54) is 18.2 Å². The number of hydrogen-bond donors (Lipinski definition) is 0. The zero-order valence-corrected chi connectivity index (χ0v) is 10.1. The molecule has 1 fully saturated rings. The third kappa shape index (κ3) is 2.97. The molecule has 0 N–H and O–H groups in total. The van der Waals surface area contributed by atoms with Crippen LogP contribution in [0.25, 0.3) is 0 Å². The lowest BCUT2D eigenvalue weighted by atomic mass is 9.97. The summed E-state index contributed by atoms with van der Waals surface area (Å²) in [5.41, 5.74) is -0.148. The van der Waals surface area contributed by atoms with Crippen LogP contribution >= 0.6 is 0 Å². The lowest BCUT2D eigenvalue weighted by molar-refractivity contribution is -0.608. The fourth-order valence-electron chi connectivity index (χ4n) is 2.18. The van der Waals surface area contributed by atoms with Gasteiger partial charge in [-0.05, 0) is 18.9 Å². The Bertz CT molecular complexity index is 476. The van der Waals surface area contributed by atoms with Crippen molar-refractivity contribution in [1.82, 2.24) is 4.90 Å². The van der Waals surface area contributed by atoms with E-state index >= 15 is 0 Å². The van der Waals surface area contributed by atoms with Crippen LogP contribution in [0, 0.1) is 11.1 Å². The summed E-state index contributed by atoms with van der Waals surface area (Å²) in [6, 6.07) is 4.28. The molecule has 1 aromatic rings. The summed E-state index contributed by atoms with van der Waals surface area (Å²) in [6.07, 6.45) is -2.83. The SMILES string of the molecule is O=C(c1cccc[n+]1[O-])N1CCC[C@H](C(F)(F)F)C1. The number of rotatable bonds is 1. The van der Waals surface area contributed by atoms with Crippen molar-refractivity contribution in [3.63, 3.8) is 0 Å². The molecule has 1 amide bonds. The molecule has 19 heavy (non-hydrogen) atoms. The van der Waals surface area contributed by atoms with Gasteiger partial charge in [0.2, 0.25) is 0 Å². The molecule has 2 rings (SSSR count). The fraction of sp³-hybridized carbons (Fsp3) is 0.500. The monoisotopic (exact) mass is 274 g/mol. The summed E-state index contributed by atoms with van der Waals surface area (Å²) in [5.74, 6) is -2.15. The fourth-order valence-corrected chi connectivity index (χ4v) is 2.18. The Balaban J connectivity index is 2.14. The van der Waals surface area contributed by atoms with E-state index in [1.54, 1.807) is 0 Å². The first kappa shape index (κ1) is 13.6. The van der Waals surface area contributed by atoms with Crippen LogP contribution in [0.2, 0.25) is 0 Å². The zero-order valence-electron chi connectivity index (χ0n) is 10.1. The summed E-state index contributed by atoms with van der Waals surface area (Å²) in [6.45, 7) is -0.127. The van der Waals surface area contributed by atoms with E-state index in [1.807, 2.05) is 0 Å². The number of aromatic nitrogens is 1. The van der Waals surface area contributed by atoms with Gasteiger partial charge in [0.15, 0.2) is 6.20 Å². The van der Waals surface area contributed by atoms with Crippen molar-refractivity contribution in [2.24, 2.45) is 5.92 Å². The van der Waals surface area contributed by atoms with Crippen molar-refractivity contribution in [3.8, 4) is 0 Å². The van der Waals surface area contributed by atoms with Gasteiger partial charge in [0.25, 0.3) is 5.69 Å². The molecule has 2 heterocycles. The van der Waals surface area contributed by atoms with Crippen molar-refractivity contribution >= 4 is 5.91 Å². The summed E-state index contributed by atoms with van der Waals surface area (Å²) >= 11 is 0. The molecular formula is C12H13F3N2O2. The van der Waals surface area contributed by atoms with E-state index in [0.29, 0.717) is 11.2 Å². The van der Waals surface area contributed by atoms with Crippen LogP contribution in [0.3, 0.4) is 0 Å². The Morgan fingerprint density at radius 2 is 2.16 bits per heavy atom. The first-order valence-electron chi connectivity index (χ1n) is 5.94. The largest absolute Gasteiger partial charge is 0.618 e. The van der Waals surface area contributed by atoms with Crippen LogP contribution in [-0.2, 0) is 0 Å². The Labute approximate surface area is 108 Å². The van der Waals surface area contributed by atoms with E-state index in [9.17, 15) is 23.2 Å². The molecule has 0 saturated carbocycles. The summed E-state index contributed by atoms with van der Waals surface area (Å²) in [5, 5.41) is 11.4. The number of hydrogen-bond acceptors (Lipinski definition) is 2. The number of likely N-dealkylation sites (tertiary alicyclic amines) is 1. The maximum Gasteiger partial charge on any atom is 0.393 e. The highest BCUT2D eigenvalue weighted by atomic mass is 19.4. The maximum absolute atomic E-state index is 12.7.